The van der Waals surface area contributed by atoms with E-state index in [0.717, 1.165) is 11.1 Å². The molecule has 0 spiro atoms. The van der Waals surface area contributed by atoms with Crippen LogP contribution in [0.25, 0.3) is 6.08 Å². The van der Waals surface area contributed by atoms with E-state index in [1.54, 1.807) is 7.11 Å². The Labute approximate surface area is 154 Å². The molecule has 3 aromatic carbocycles. The Kier molecular flexibility index (Phi) is 6.13. The monoisotopic (exact) mass is 342 g/mol. The molecular formula is C24H22O2. The number of methoxy groups -OCH3 is 1. The van der Waals surface area contributed by atoms with Gasteiger partial charge in [-0.3, -0.25) is 4.79 Å². The number of rotatable bonds is 7. The predicted octanol–water partition coefficient (Wildman–Crippen LogP) is 5.38. The summed E-state index contributed by atoms with van der Waals surface area (Å²) in [6, 6.07) is 29.4. The van der Waals surface area contributed by atoms with Crippen LogP contribution in [-0.2, 0) is 4.74 Å². The SMILES string of the molecule is COC(C(=O)c1ccccc1)C(/C=C/c1ccccc1)c1ccccc1. The molecule has 0 aliphatic heterocycles. The molecule has 0 N–H and O–H groups in total. The Hall–Kier alpha value is -2.97. The van der Waals surface area contributed by atoms with Gasteiger partial charge in [0.1, 0.15) is 6.10 Å². The molecule has 3 rings (SSSR count). The zero-order chi connectivity index (χ0) is 18.2. The molecule has 2 unspecified atom stereocenters. The van der Waals surface area contributed by atoms with Crippen molar-refractivity contribution in [2.45, 2.75) is 12.0 Å². The molecule has 0 aliphatic carbocycles. The average Bonchev–Trinajstić information content (AvgIpc) is 2.72. The maximum Gasteiger partial charge on any atom is 0.192 e. The molecule has 26 heavy (non-hydrogen) atoms. The lowest BCUT2D eigenvalue weighted by Crippen LogP contribution is -2.29. The number of carbonyl (C=O) groups is 1. The van der Waals surface area contributed by atoms with Gasteiger partial charge in [-0.15, -0.1) is 0 Å². The van der Waals surface area contributed by atoms with Gasteiger partial charge in [-0.2, -0.15) is 0 Å². The van der Waals surface area contributed by atoms with Crippen LogP contribution in [0.5, 0.6) is 0 Å². The smallest absolute Gasteiger partial charge is 0.192 e. The van der Waals surface area contributed by atoms with E-state index in [0.29, 0.717) is 5.56 Å². The molecule has 0 bridgehead atoms. The lowest BCUT2D eigenvalue weighted by atomic mass is 9.88. The van der Waals surface area contributed by atoms with Crippen molar-refractivity contribution in [2.75, 3.05) is 7.11 Å². The average molecular weight is 342 g/mol. The molecule has 0 amide bonds. The third kappa shape index (κ3) is 4.35. The molecule has 0 saturated heterocycles. The van der Waals surface area contributed by atoms with E-state index < -0.39 is 6.10 Å². The van der Waals surface area contributed by atoms with E-state index in [-0.39, 0.29) is 11.7 Å². The van der Waals surface area contributed by atoms with Crippen LogP contribution < -0.4 is 0 Å². The fraction of sp³-hybridized carbons (Fsp3) is 0.125. The standard InChI is InChI=1S/C24H22O2/c1-26-24(23(25)21-15-9-4-10-16-21)22(20-13-7-3-8-14-20)18-17-19-11-5-2-6-12-19/h2-18,22,24H,1H3/b18-17+. The van der Waals surface area contributed by atoms with Crippen molar-refractivity contribution in [3.05, 3.63) is 114 Å². The summed E-state index contributed by atoms with van der Waals surface area (Å²) in [5.74, 6) is -0.186. The third-order valence-electron chi connectivity index (χ3n) is 4.38. The molecule has 0 aromatic heterocycles. The van der Waals surface area contributed by atoms with E-state index in [1.165, 1.54) is 0 Å². The number of ether oxygens (including phenoxy) is 1. The summed E-state index contributed by atoms with van der Waals surface area (Å²) < 4.78 is 5.67. The summed E-state index contributed by atoms with van der Waals surface area (Å²) in [7, 11) is 1.60. The first kappa shape index (κ1) is 17.8. The normalized spacial score (nSPS) is 13.4. The van der Waals surface area contributed by atoms with Gasteiger partial charge in [0.2, 0.25) is 0 Å². The minimum absolute atomic E-state index is 0.0142. The second-order valence-corrected chi connectivity index (χ2v) is 6.09. The second kappa shape index (κ2) is 8.93. The third-order valence-corrected chi connectivity index (χ3v) is 4.38. The first-order valence-electron chi connectivity index (χ1n) is 8.70. The Morgan fingerprint density at radius 1 is 0.808 bits per heavy atom. The van der Waals surface area contributed by atoms with E-state index in [1.807, 2.05) is 97.1 Å². The highest BCUT2D eigenvalue weighted by Gasteiger charge is 2.28. The molecule has 0 saturated carbocycles. The number of Topliss-reactive ketones (excluding diaryl/α,β-unsaturated/α-hetero) is 1. The zero-order valence-electron chi connectivity index (χ0n) is 14.8. The van der Waals surface area contributed by atoms with Gasteiger partial charge in [0.25, 0.3) is 0 Å². The fourth-order valence-corrected chi connectivity index (χ4v) is 3.02. The van der Waals surface area contributed by atoms with Crippen LogP contribution in [0.3, 0.4) is 0 Å². The van der Waals surface area contributed by atoms with Crippen molar-refractivity contribution in [1.29, 1.82) is 0 Å². The van der Waals surface area contributed by atoms with Gasteiger partial charge in [-0.05, 0) is 11.1 Å². The molecular weight excluding hydrogens is 320 g/mol. The van der Waals surface area contributed by atoms with E-state index in [2.05, 4.69) is 6.08 Å². The van der Waals surface area contributed by atoms with Gasteiger partial charge in [0.15, 0.2) is 5.78 Å². The van der Waals surface area contributed by atoms with Crippen molar-refractivity contribution in [1.82, 2.24) is 0 Å². The van der Waals surface area contributed by atoms with Crippen LogP contribution in [0.15, 0.2) is 97.1 Å². The van der Waals surface area contributed by atoms with Crippen LogP contribution in [0.4, 0.5) is 0 Å². The molecule has 130 valence electrons. The summed E-state index contributed by atoms with van der Waals surface area (Å²) in [6.07, 6.45) is 3.52. The number of hydrogen-bond acceptors (Lipinski definition) is 2. The van der Waals surface area contributed by atoms with Gasteiger partial charge >= 0.3 is 0 Å². The van der Waals surface area contributed by atoms with Crippen molar-refractivity contribution in [3.8, 4) is 0 Å². The van der Waals surface area contributed by atoms with E-state index in [9.17, 15) is 4.79 Å². The Morgan fingerprint density at radius 3 is 1.92 bits per heavy atom. The predicted molar refractivity (Wildman–Crippen MR) is 106 cm³/mol. The highest BCUT2D eigenvalue weighted by atomic mass is 16.5. The Bertz CT molecular complexity index is 839. The number of hydrogen-bond donors (Lipinski definition) is 0. The van der Waals surface area contributed by atoms with E-state index in [4.69, 9.17) is 4.74 Å². The summed E-state index contributed by atoms with van der Waals surface area (Å²) in [5.41, 5.74) is 2.81. The molecule has 0 heterocycles. The summed E-state index contributed by atoms with van der Waals surface area (Å²) in [6.45, 7) is 0. The maximum absolute atomic E-state index is 13.0. The highest BCUT2D eigenvalue weighted by Crippen LogP contribution is 2.27. The molecule has 2 heteroatoms. The van der Waals surface area contributed by atoms with Crippen LogP contribution in [0.1, 0.15) is 27.4 Å². The van der Waals surface area contributed by atoms with Crippen LogP contribution in [-0.4, -0.2) is 19.0 Å². The molecule has 0 fully saturated rings. The van der Waals surface area contributed by atoms with Crippen LogP contribution in [0.2, 0.25) is 0 Å². The van der Waals surface area contributed by atoms with Crippen molar-refractivity contribution < 1.29 is 9.53 Å². The Balaban J connectivity index is 1.96. The fourth-order valence-electron chi connectivity index (χ4n) is 3.02. The summed E-state index contributed by atoms with van der Waals surface area (Å²) >= 11 is 0. The summed E-state index contributed by atoms with van der Waals surface area (Å²) in [5, 5.41) is 0. The quantitative estimate of drug-likeness (QED) is 0.539. The van der Waals surface area contributed by atoms with Crippen molar-refractivity contribution >= 4 is 11.9 Å². The molecule has 2 atom stereocenters. The second-order valence-electron chi connectivity index (χ2n) is 6.09. The van der Waals surface area contributed by atoms with Gasteiger partial charge in [0, 0.05) is 18.6 Å². The van der Waals surface area contributed by atoms with Gasteiger partial charge in [0.05, 0.1) is 0 Å². The minimum Gasteiger partial charge on any atom is -0.372 e. The molecule has 0 radical (unpaired) electrons. The largest absolute Gasteiger partial charge is 0.372 e. The minimum atomic E-state index is -0.584. The number of carbonyl (C=O) groups excluding carboxylic acids is 1. The molecule has 3 aromatic rings. The summed E-state index contributed by atoms with van der Waals surface area (Å²) in [4.78, 5) is 13.0. The van der Waals surface area contributed by atoms with Gasteiger partial charge in [-0.25, -0.2) is 0 Å². The van der Waals surface area contributed by atoms with Gasteiger partial charge < -0.3 is 4.74 Å². The highest BCUT2D eigenvalue weighted by molar-refractivity contribution is 6.00. The zero-order valence-corrected chi connectivity index (χ0v) is 14.8. The first-order valence-corrected chi connectivity index (χ1v) is 8.70. The molecule has 0 aliphatic rings. The lowest BCUT2D eigenvalue weighted by molar-refractivity contribution is 0.0565. The topological polar surface area (TPSA) is 26.3 Å². The first-order chi connectivity index (χ1) is 12.8. The molecule has 2 nitrogen and oxygen atoms in total. The van der Waals surface area contributed by atoms with Gasteiger partial charge in [-0.1, -0.05) is 103 Å². The van der Waals surface area contributed by atoms with Crippen LogP contribution >= 0.6 is 0 Å². The lowest BCUT2D eigenvalue weighted by Gasteiger charge is -2.23. The Morgan fingerprint density at radius 2 is 1.35 bits per heavy atom. The van der Waals surface area contributed by atoms with Crippen molar-refractivity contribution in [2.24, 2.45) is 0 Å². The van der Waals surface area contributed by atoms with E-state index >= 15 is 0 Å². The maximum atomic E-state index is 13.0. The van der Waals surface area contributed by atoms with Crippen LogP contribution in [0, 0.1) is 0 Å². The number of ketones is 1. The number of benzene rings is 3. The van der Waals surface area contributed by atoms with Crippen molar-refractivity contribution in [3.63, 3.8) is 0 Å².